The van der Waals surface area contributed by atoms with Gasteiger partial charge in [0.25, 0.3) is 0 Å². The zero-order chi connectivity index (χ0) is 32.3. The average Bonchev–Trinajstić information content (AvgIpc) is 3.58. The monoisotopic (exact) mass is 642 g/mol. The number of rotatable bonds is 4. The van der Waals surface area contributed by atoms with Gasteiger partial charge in [-0.3, -0.25) is 0 Å². The Labute approximate surface area is 286 Å². The van der Waals surface area contributed by atoms with Gasteiger partial charge in [-0.15, -0.1) is 11.3 Å². The zero-order valence-corrected chi connectivity index (χ0v) is 27.0. The van der Waals surface area contributed by atoms with Gasteiger partial charge in [-0.1, -0.05) is 146 Å². The van der Waals surface area contributed by atoms with E-state index in [1.54, 1.807) is 0 Å². The summed E-state index contributed by atoms with van der Waals surface area (Å²) in [5, 5.41) is 8.48. The second kappa shape index (κ2) is 11.2. The molecule has 10 rings (SSSR count). The Morgan fingerprint density at radius 3 is 1.55 bits per heavy atom. The predicted octanol–water partition coefficient (Wildman–Crippen LogP) is 11.8. The first-order chi connectivity index (χ1) is 24.3. The first-order valence-corrected chi connectivity index (χ1v) is 17.1. The predicted molar refractivity (Wildman–Crippen MR) is 205 cm³/mol. The van der Waals surface area contributed by atoms with E-state index in [4.69, 9.17) is 19.9 Å². The van der Waals surface area contributed by atoms with Gasteiger partial charge in [0.2, 0.25) is 0 Å². The molecular formula is C44H26N4S. The van der Waals surface area contributed by atoms with E-state index in [-0.39, 0.29) is 0 Å². The zero-order valence-electron chi connectivity index (χ0n) is 26.2. The molecular weight excluding hydrogens is 617 g/mol. The van der Waals surface area contributed by atoms with Crippen molar-refractivity contribution >= 4 is 64.0 Å². The van der Waals surface area contributed by atoms with E-state index in [2.05, 4.69) is 97.1 Å². The van der Waals surface area contributed by atoms with Crippen molar-refractivity contribution in [3.8, 4) is 45.4 Å². The standard InChI is InChI=1S/C44H26N4S/c1-3-14-27(15-4-1)42-46-43(28-16-5-2-6-17-28)48-44(47-42)30-19-13-18-29(26-30)39-32-21-8-7-20-31(32)37-38-35-24-11-12-25-36(35)49-41(38)34-23-10-9-22-33(34)40(37)45-39/h1-26H. The molecule has 4 nitrogen and oxygen atoms in total. The van der Waals surface area contributed by atoms with Gasteiger partial charge < -0.3 is 0 Å². The highest BCUT2D eigenvalue weighted by Gasteiger charge is 2.20. The minimum atomic E-state index is 0.622. The normalized spacial score (nSPS) is 11.7. The van der Waals surface area contributed by atoms with Crippen molar-refractivity contribution < 1.29 is 0 Å². The van der Waals surface area contributed by atoms with Gasteiger partial charge in [0.05, 0.1) is 11.2 Å². The van der Waals surface area contributed by atoms with Gasteiger partial charge in [0, 0.05) is 64.0 Å². The smallest absolute Gasteiger partial charge is 0.164 e. The highest BCUT2D eigenvalue weighted by atomic mass is 32.1. The molecule has 0 atom stereocenters. The summed E-state index contributed by atoms with van der Waals surface area (Å²) in [5.74, 6) is 1.90. The summed E-state index contributed by atoms with van der Waals surface area (Å²) in [6, 6.07) is 54.8. The maximum Gasteiger partial charge on any atom is 0.164 e. The molecule has 0 bridgehead atoms. The number of benzene rings is 7. The van der Waals surface area contributed by atoms with Crippen LogP contribution >= 0.6 is 11.3 Å². The topological polar surface area (TPSA) is 51.6 Å². The van der Waals surface area contributed by atoms with Crippen LogP contribution in [0.25, 0.3) is 98.0 Å². The van der Waals surface area contributed by atoms with Crippen molar-refractivity contribution in [3.63, 3.8) is 0 Å². The summed E-state index contributed by atoms with van der Waals surface area (Å²) in [4.78, 5) is 20.5. The number of thiophene rings is 1. The quantitative estimate of drug-likeness (QED) is 0.179. The highest BCUT2D eigenvalue weighted by molar-refractivity contribution is 7.27. The molecule has 0 aliphatic heterocycles. The molecule has 0 radical (unpaired) electrons. The third kappa shape index (κ3) is 4.51. The lowest BCUT2D eigenvalue weighted by Gasteiger charge is -2.14. The van der Waals surface area contributed by atoms with E-state index in [1.165, 1.54) is 36.3 Å². The maximum atomic E-state index is 5.55. The Balaban J connectivity index is 1.24. The minimum Gasteiger partial charge on any atom is -0.246 e. The van der Waals surface area contributed by atoms with Crippen molar-refractivity contribution in [1.82, 2.24) is 19.9 Å². The fraction of sp³-hybridized carbons (Fsp3) is 0. The SMILES string of the molecule is c1ccc(-c2nc(-c3ccccc3)nc(-c3cccc(-c4nc5c6ccccc6c6sc7ccccc7c6c5c5ccccc45)c3)n2)cc1. The molecule has 49 heavy (non-hydrogen) atoms. The first kappa shape index (κ1) is 27.8. The van der Waals surface area contributed by atoms with E-state index in [0.29, 0.717) is 17.5 Å². The van der Waals surface area contributed by atoms with Crippen LogP contribution in [0.4, 0.5) is 0 Å². The first-order valence-electron chi connectivity index (χ1n) is 16.3. The molecule has 0 aliphatic carbocycles. The highest BCUT2D eigenvalue weighted by Crippen LogP contribution is 2.46. The van der Waals surface area contributed by atoms with Crippen molar-refractivity contribution in [2.45, 2.75) is 0 Å². The molecule has 228 valence electrons. The van der Waals surface area contributed by atoms with Crippen LogP contribution in [-0.2, 0) is 0 Å². The Hall–Kier alpha value is -6.30. The number of aromatic nitrogens is 4. The molecule has 0 amide bonds. The Kier molecular flexibility index (Phi) is 6.32. The Bertz CT molecular complexity index is 2820. The molecule has 5 heteroatoms. The van der Waals surface area contributed by atoms with Crippen LogP contribution < -0.4 is 0 Å². The molecule has 0 saturated carbocycles. The molecule has 3 aromatic heterocycles. The Morgan fingerprint density at radius 2 is 0.857 bits per heavy atom. The third-order valence-electron chi connectivity index (χ3n) is 9.28. The lowest BCUT2D eigenvalue weighted by Crippen LogP contribution is -2.00. The lowest BCUT2D eigenvalue weighted by atomic mass is 9.94. The summed E-state index contributed by atoms with van der Waals surface area (Å²) in [7, 11) is 0. The molecule has 0 N–H and O–H groups in total. The number of nitrogens with zero attached hydrogens (tertiary/aromatic N) is 4. The second-order valence-corrected chi connectivity index (χ2v) is 13.2. The van der Waals surface area contributed by atoms with E-state index in [9.17, 15) is 0 Å². The molecule has 3 heterocycles. The van der Waals surface area contributed by atoms with E-state index in [0.717, 1.165) is 44.2 Å². The minimum absolute atomic E-state index is 0.622. The van der Waals surface area contributed by atoms with Gasteiger partial charge in [-0.05, 0) is 17.5 Å². The van der Waals surface area contributed by atoms with Crippen LogP contribution in [0.2, 0.25) is 0 Å². The van der Waals surface area contributed by atoms with Crippen molar-refractivity contribution in [1.29, 1.82) is 0 Å². The van der Waals surface area contributed by atoms with Gasteiger partial charge in [0.15, 0.2) is 17.5 Å². The second-order valence-electron chi connectivity index (χ2n) is 12.2. The fourth-order valence-electron chi connectivity index (χ4n) is 7.05. The summed E-state index contributed by atoms with van der Waals surface area (Å²) in [6.45, 7) is 0. The summed E-state index contributed by atoms with van der Waals surface area (Å²) < 4.78 is 2.60. The molecule has 0 saturated heterocycles. The average molecular weight is 643 g/mol. The lowest BCUT2D eigenvalue weighted by molar-refractivity contribution is 1.07. The number of pyridine rings is 1. The largest absolute Gasteiger partial charge is 0.246 e. The van der Waals surface area contributed by atoms with Crippen LogP contribution in [0, 0.1) is 0 Å². The van der Waals surface area contributed by atoms with E-state index >= 15 is 0 Å². The van der Waals surface area contributed by atoms with Crippen LogP contribution in [0.5, 0.6) is 0 Å². The maximum absolute atomic E-state index is 5.55. The van der Waals surface area contributed by atoms with Gasteiger partial charge in [-0.25, -0.2) is 19.9 Å². The van der Waals surface area contributed by atoms with Crippen LogP contribution in [0.3, 0.4) is 0 Å². The van der Waals surface area contributed by atoms with Crippen molar-refractivity contribution in [2.75, 3.05) is 0 Å². The summed E-state index contributed by atoms with van der Waals surface area (Å²) >= 11 is 1.87. The van der Waals surface area contributed by atoms with Crippen LogP contribution in [0.1, 0.15) is 0 Å². The van der Waals surface area contributed by atoms with Crippen LogP contribution in [0.15, 0.2) is 158 Å². The summed E-state index contributed by atoms with van der Waals surface area (Å²) in [5.41, 5.74) is 5.77. The third-order valence-corrected chi connectivity index (χ3v) is 10.5. The fourth-order valence-corrected chi connectivity index (χ4v) is 8.29. The van der Waals surface area contributed by atoms with Gasteiger partial charge in [0.1, 0.15) is 0 Å². The molecule has 0 unspecified atom stereocenters. The van der Waals surface area contributed by atoms with Crippen molar-refractivity contribution in [3.05, 3.63) is 158 Å². The molecule has 7 aromatic carbocycles. The molecule has 0 aliphatic rings. The van der Waals surface area contributed by atoms with Gasteiger partial charge >= 0.3 is 0 Å². The summed E-state index contributed by atoms with van der Waals surface area (Å²) in [6.07, 6.45) is 0. The van der Waals surface area contributed by atoms with E-state index < -0.39 is 0 Å². The number of hydrogen-bond acceptors (Lipinski definition) is 5. The molecule has 10 aromatic rings. The van der Waals surface area contributed by atoms with E-state index in [1.807, 2.05) is 72.0 Å². The number of hydrogen-bond donors (Lipinski definition) is 0. The number of fused-ring (bicyclic) bond motifs is 10. The Morgan fingerprint density at radius 1 is 0.347 bits per heavy atom. The molecule has 0 spiro atoms. The van der Waals surface area contributed by atoms with Crippen molar-refractivity contribution in [2.24, 2.45) is 0 Å². The van der Waals surface area contributed by atoms with Gasteiger partial charge in [-0.2, -0.15) is 0 Å². The van der Waals surface area contributed by atoms with Crippen LogP contribution in [-0.4, -0.2) is 19.9 Å². The molecule has 0 fully saturated rings.